The Hall–Kier alpha value is -1.06. The number of ether oxygens (including phenoxy) is 1. The third kappa shape index (κ3) is 1.73. The molecule has 0 saturated heterocycles. The quantitative estimate of drug-likeness (QED) is 0.730. The molecule has 0 spiro atoms. The van der Waals surface area contributed by atoms with E-state index in [0.717, 1.165) is 23.3 Å². The Bertz CT molecular complexity index is 365. The van der Waals surface area contributed by atoms with E-state index in [1.807, 2.05) is 25.1 Å². The molecule has 0 aliphatic carbocycles. The van der Waals surface area contributed by atoms with Gasteiger partial charge in [0.15, 0.2) is 0 Å². The maximum Gasteiger partial charge on any atom is 0.128 e. The van der Waals surface area contributed by atoms with E-state index in [1.54, 1.807) is 0 Å². The maximum absolute atomic E-state index is 10.4. The molecule has 1 aliphatic heterocycles. The summed E-state index contributed by atoms with van der Waals surface area (Å²) in [6, 6.07) is 5.82. The molecule has 0 bridgehead atoms. The van der Waals surface area contributed by atoms with Crippen LogP contribution in [0.5, 0.6) is 5.75 Å². The van der Waals surface area contributed by atoms with Crippen molar-refractivity contribution < 1.29 is 9.84 Å². The number of hydrogen-bond donors (Lipinski definition) is 2. The summed E-state index contributed by atoms with van der Waals surface area (Å²) in [4.78, 5) is 0. The lowest BCUT2D eigenvalue weighted by Gasteiger charge is -2.26. The third-order valence-corrected chi connectivity index (χ3v) is 3.03. The fraction of sp³-hybridized carbons (Fsp3) is 0.500. The highest BCUT2D eigenvalue weighted by atomic mass is 16.5. The standard InChI is InChI=1S/C12H17NO2/c1-9-4-2-5-10-11(9)15-7-3-6-12(10,14)8-13/h2,4-5,14H,3,6-8,13H2,1H3. The Labute approximate surface area is 89.9 Å². The van der Waals surface area contributed by atoms with Gasteiger partial charge in [0.05, 0.1) is 6.61 Å². The molecule has 15 heavy (non-hydrogen) atoms. The average molecular weight is 207 g/mol. The second-order valence-corrected chi connectivity index (χ2v) is 4.14. The van der Waals surface area contributed by atoms with Crippen molar-refractivity contribution in [2.75, 3.05) is 13.2 Å². The molecular weight excluding hydrogens is 190 g/mol. The van der Waals surface area contributed by atoms with Crippen LogP contribution in [0.2, 0.25) is 0 Å². The first-order valence-electron chi connectivity index (χ1n) is 5.33. The Morgan fingerprint density at radius 1 is 1.53 bits per heavy atom. The largest absolute Gasteiger partial charge is 0.493 e. The van der Waals surface area contributed by atoms with E-state index in [0.29, 0.717) is 13.0 Å². The van der Waals surface area contributed by atoms with E-state index in [-0.39, 0.29) is 6.54 Å². The molecule has 0 fully saturated rings. The molecule has 1 unspecified atom stereocenters. The summed E-state index contributed by atoms with van der Waals surface area (Å²) in [5, 5.41) is 10.4. The van der Waals surface area contributed by atoms with E-state index in [4.69, 9.17) is 10.5 Å². The second-order valence-electron chi connectivity index (χ2n) is 4.14. The second kappa shape index (κ2) is 3.83. The molecule has 0 radical (unpaired) electrons. The lowest BCUT2D eigenvalue weighted by Crippen LogP contribution is -2.34. The van der Waals surface area contributed by atoms with Crippen molar-refractivity contribution in [3.8, 4) is 5.75 Å². The molecule has 1 aliphatic rings. The average Bonchev–Trinajstić information content (AvgIpc) is 2.41. The van der Waals surface area contributed by atoms with Gasteiger partial charge in [0, 0.05) is 12.1 Å². The van der Waals surface area contributed by atoms with Crippen LogP contribution in [0.25, 0.3) is 0 Å². The van der Waals surface area contributed by atoms with Gasteiger partial charge < -0.3 is 15.6 Å². The van der Waals surface area contributed by atoms with Gasteiger partial charge >= 0.3 is 0 Å². The minimum absolute atomic E-state index is 0.243. The molecule has 1 aromatic rings. The normalized spacial score (nSPS) is 25.3. The van der Waals surface area contributed by atoms with Crippen molar-refractivity contribution in [3.63, 3.8) is 0 Å². The van der Waals surface area contributed by atoms with Crippen molar-refractivity contribution in [2.24, 2.45) is 5.73 Å². The van der Waals surface area contributed by atoms with E-state index >= 15 is 0 Å². The number of fused-ring (bicyclic) bond motifs is 1. The number of nitrogens with two attached hydrogens (primary N) is 1. The lowest BCUT2D eigenvalue weighted by atomic mass is 9.88. The first-order chi connectivity index (χ1) is 7.17. The fourth-order valence-electron chi connectivity index (χ4n) is 2.10. The molecule has 0 aromatic heterocycles. The highest BCUT2D eigenvalue weighted by molar-refractivity contribution is 5.44. The van der Waals surface area contributed by atoms with Crippen LogP contribution < -0.4 is 10.5 Å². The topological polar surface area (TPSA) is 55.5 Å². The van der Waals surface area contributed by atoms with Crippen LogP contribution in [0.3, 0.4) is 0 Å². The molecule has 3 heteroatoms. The zero-order valence-corrected chi connectivity index (χ0v) is 8.99. The number of aryl methyl sites for hydroxylation is 1. The minimum atomic E-state index is -0.919. The molecule has 1 aromatic carbocycles. The molecule has 1 heterocycles. The van der Waals surface area contributed by atoms with Gasteiger partial charge in [-0.15, -0.1) is 0 Å². The van der Waals surface area contributed by atoms with Gasteiger partial charge in [-0.1, -0.05) is 18.2 Å². The van der Waals surface area contributed by atoms with Crippen molar-refractivity contribution in [2.45, 2.75) is 25.4 Å². The Balaban J connectivity index is 2.55. The Morgan fingerprint density at radius 2 is 2.33 bits per heavy atom. The molecule has 3 nitrogen and oxygen atoms in total. The van der Waals surface area contributed by atoms with Crippen molar-refractivity contribution in [3.05, 3.63) is 29.3 Å². The molecule has 0 saturated carbocycles. The van der Waals surface area contributed by atoms with Crippen molar-refractivity contribution in [1.29, 1.82) is 0 Å². The van der Waals surface area contributed by atoms with Crippen molar-refractivity contribution in [1.82, 2.24) is 0 Å². The van der Waals surface area contributed by atoms with E-state index in [2.05, 4.69) is 0 Å². The summed E-state index contributed by atoms with van der Waals surface area (Å²) >= 11 is 0. The summed E-state index contributed by atoms with van der Waals surface area (Å²) in [5.74, 6) is 0.808. The molecular formula is C12H17NO2. The number of benzene rings is 1. The van der Waals surface area contributed by atoms with Crippen LogP contribution in [0.4, 0.5) is 0 Å². The number of hydrogen-bond acceptors (Lipinski definition) is 3. The molecule has 1 atom stereocenters. The number of para-hydroxylation sites is 1. The third-order valence-electron chi connectivity index (χ3n) is 3.03. The zero-order valence-electron chi connectivity index (χ0n) is 8.99. The predicted octanol–water partition coefficient (Wildman–Crippen LogP) is 1.31. The highest BCUT2D eigenvalue weighted by Crippen LogP contribution is 2.37. The fourth-order valence-corrected chi connectivity index (χ4v) is 2.10. The first kappa shape index (κ1) is 10.5. The maximum atomic E-state index is 10.4. The highest BCUT2D eigenvalue weighted by Gasteiger charge is 2.33. The van der Waals surface area contributed by atoms with Crippen molar-refractivity contribution >= 4 is 0 Å². The number of aliphatic hydroxyl groups is 1. The Kier molecular flexibility index (Phi) is 2.67. The van der Waals surface area contributed by atoms with Gasteiger partial charge in [0.1, 0.15) is 11.4 Å². The Morgan fingerprint density at radius 3 is 3.07 bits per heavy atom. The van der Waals surface area contributed by atoms with Crippen LogP contribution in [-0.2, 0) is 5.60 Å². The van der Waals surface area contributed by atoms with Gasteiger partial charge in [-0.3, -0.25) is 0 Å². The molecule has 3 N–H and O–H groups in total. The van der Waals surface area contributed by atoms with E-state index < -0.39 is 5.60 Å². The van der Waals surface area contributed by atoms with Gasteiger partial charge in [0.25, 0.3) is 0 Å². The molecule has 0 amide bonds. The summed E-state index contributed by atoms with van der Waals surface area (Å²) in [6.45, 7) is 2.88. The monoisotopic (exact) mass is 207 g/mol. The van der Waals surface area contributed by atoms with Crippen LogP contribution in [0.1, 0.15) is 24.0 Å². The van der Waals surface area contributed by atoms with Gasteiger partial charge in [-0.05, 0) is 25.3 Å². The first-order valence-corrected chi connectivity index (χ1v) is 5.33. The summed E-state index contributed by atoms with van der Waals surface area (Å²) < 4.78 is 5.66. The molecule has 2 rings (SSSR count). The minimum Gasteiger partial charge on any atom is -0.493 e. The van der Waals surface area contributed by atoms with Gasteiger partial charge in [0.2, 0.25) is 0 Å². The van der Waals surface area contributed by atoms with Gasteiger partial charge in [-0.2, -0.15) is 0 Å². The zero-order chi connectivity index (χ0) is 10.9. The number of rotatable bonds is 1. The summed E-state index contributed by atoms with van der Waals surface area (Å²) in [7, 11) is 0. The summed E-state index contributed by atoms with van der Waals surface area (Å²) in [6.07, 6.45) is 1.50. The SMILES string of the molecule is Cc1cccc2c1OCCCC2(O)CN. The lowest BCUT2D eigenvalue weighted by molar-refractivity contribution is 0.0374. The van der Waals surface area contributed by atoms with Crippen LogP contribution >= 0.6 is 0 Å². The van der Waals surface area contributed by atoms with E-state index in [9.17, 15) is 5.11 Å². The van der Waals surface area contributed by atoms with Crippen LogP contribution in [-0.4, -0.2) is 18.3 Å². The van der Waals surface area contributed by atoms with Gasteiger partial charge in [-0.25, -0.2) is 0 Å². The van der Waals surface area contributed by atoms with E-state index in [1.165, 1.54) is 0 Å². The smallest absolute Gasteiger partial charge is 0.128 e. The van der Waals surface area contributed by atoms with Crippen LogP contribution in [0.15, 0.2) is 18.2 Å². The molecule has 82 valence electrons. The summed E-state index contributed by atoms with van der Waals surface area (Å²) in [5.41, 5.74) is 6.64. The van der Waals surface area contributed by atoms with Crippen LogP contribution in [0, 0.1) is 6.92 Å². The predicted molar refractivity (Wildman–Crippen MR) is 58.9 cm³/mol.